The molecule has 94 valence electrons. The number of aromatic amines is 1. The summed E-state index contributed by atoms with van der Waals surface area (Å²) < 4.78 is 5.32. The van der Waals surface area contributed by atoms with E-state index in [2.05, 4.69) is 4.98 Å². The zero-order valence-corrected chi connectivity index (χ0v) is 9.89. The Bertz CT molecular complexity index is 351. The van der Waals surface area contributed by atoms with Crippen molar-refractivity contribution in [3.63, 3.8) is 0 Å². The Kier molecular flexibility index (Phi) is 4.17. The Balaban J connectivity index is 1.85. The molecule has 5 heteroatoms. The van der Waals surface area contributed by atoms with Crippen molar-refractivity contribution in [3.05, 3.63) is 24.0 Å². The van der Waals surface area contributed by atoms with Gasteiger partial charge < -0.3 is 20.4 Å². The lowest BCUT2D eigenvalue weighted by atomic mass is 10.1. The Hall–Kier alpha value is -1.33. The van der Waals surface area contributed by atoms with Crippen LogP contribution < -0.4 is 5.73 Å². The molecule has 1 unspecified atom stereocenters. The molecule has 17 heavy (non-hydrogen) atoms. The predicted octanol–water partition coefficient (Wildman–Crippen LogP) is 0.133. The third kappa shape index (κ3) is 3.08. The van der Waals surface area contributed by atoms with Gasteiger partial charge in [-0.2, -0.15) is 0 Å². The molecule has 2 heterocycles. The van der Waals surface area contributed by atoms with Crippen LogP contribution in [0.1, 0.15) is 12.0 Å². The van der Waals surface area contributed by atoms with Crippen LogP contribution in [0, 0.1) is 0 Å². The van der Waals surface area contributed by atoms with Crippen molar-refractivity contribution in [1.82, 2.24) is 9.88 Å². The van der Waals surface area contributed by atoms with Gasteiger partial charge in [-0.3, -0.25) is 4.79 Å². The predicted molar refractivity (Wildman–Crippen MR) is 64.5 cm³/mol. The number of morpholine rings is 1. The number of nitrogens with one attached hydrogen (secondary N) is 1. The van der Waals surface area contributed by atoms with Gasteiger partial charge in [-0.25, -0.2) is 0 Å². The first kappa shape index (κ1) is 12.1. The maximum absolute atomic E-state index is 12.1. The molecule has 1 aromatic rings. The molecule has 5 nitrogen and oxygen atoms in total. The van der Waals surface area contributed by atoms with Crippen molar-refractivity contribution in [2.45, 2.75) is 18.9 Å². The van der Waals surface area contributed by atoms with Gasteiger partial charge in [0.1, 0.15) is 0 Å². The molecule has 1 amide bonds. The fourth-order valence-corrected chi connectivity index (χ4v) is 2.09. The van der Waals surface area contributed by atoms with Crippen LogP contribution in [0.5, 0.6) is 0 Å². The quantitative estimate of drug-likeness (QED) is 0.782. The summed E-state index contributed by atoms with van der Waals surface area (Å²) in [5.41, 5.74) is 6.81. The number of carbonyl (C=O) groups is 1. The van der Waals surface area contributed by atoms with E-state index in [4.69, 9.17) is 10.5 Å². The van der Waals surface area contributed by atoms with Crippen LogP contribution in [0.25, 0.3) is 0 Å². The first-order valence-electron chi connectivity index (χ1n) is 6.00. The van der Waals surface area contributed by atoms with Gasteiger partial charge in [0.25, 0.3) is 0 Å². The zero-order chi connectivity index (χ0) is 12.1. The molecule has 0 aromatic carbocycles. The molecule has 0 spiro atoms. The Morgan fingerprint density at radius 3 is 3.24 bits per heavy atom. The number of aromatic nitrogens is 1. The summed E-state index contributed by atoms with van der Waals surface area (Å²) in [6, 6.07) is 2.04. The van der Waals surface area contributed by atoms with Crippen LogP contribution in [-0.2, 0) is 16.0 Å². The van der Waals surface area contributed by atoms with E-state index in [1.165, 1.54) is 0 Å². The van der Waals surface area contributed by atoms with Crippen LogP contribution in [0.4, 0.5) is 0 Å². The second kappa shape index (κ2) is 5.84. The number of rotatable bonds is 4. The van der Waals surface area contributed by atoms with Gasteiger partial charge in [0, 0.05) is 31.9 Å². The Labute approximate surface area is 101 Å². The molecule has 0 radical (unpaired) electrons. The number of ether oxygens (including phenoxy) is 1. The lowest BCUT2D eigenvalue weighted by Gasteiger charge is -2.35. The molecule has 0 aliphatic carbocycles. The highest BCUT2D eigenvalue weighted by atomic mass is 16.5. The van der Waals surface area contributed by atoms with Gasteiger partial charge in [0.15, 0.2) is 0 Å². The minimum absolute atomic E-state index is 0.0440. The number of nitrogens with zero attached hydrogens (tertiary/aromatic N) is 1. The van der Waals surface area contributed by atoms with E-state index < -0.39 is 0 Å². The van der Waals surface area contributed by atoms with Crippen LogP contribution in [0.15, 0.2) is 18.5 Å². The lowest BCUT2D eigenvalue weighted by Crippen LogP contribution is -2.52. The van der Waals surface area contributed by atoms with Gasteiger partial charge in [0.2, 0.25) is 5.91 Å². The number of hydrogen-bond donors (Lipinski definition) is 2. The molecule has 3 N–H and O–H groups in total. The van der Waals surface area contributed by atoms with E-state index in [1.54, 1.807) is 0 Å². The number of aryl methyl sites for hydroxylation is 1. The first-order chi connectivity index (χ1) is 8.31. The number of hydrogen-bond acceptors (Lipinski definition) is 3. The minimum atomic E-state index is 0.0440. The average molecular weight is 237 g/mol. The van der Waals surface area contributed by atoms with E-state index in [9.17, 15) is 4.79 Å². The molecule has 0 saturated carbocycles. The van der Waals surface area contributed by atoms with Gasteiger partial charge >= 0.3 is 0 Å². The highest BCUT2D eigenvalue weighted by molar-refractivity contribution is 5.77. The van der Waals surface area contributed by atoms with Crippen molar-refractivity contribution in [3.8, 4) is 0 Å². The fourth-order valence-electron chi connectivity index (χ4n) is 2.09. The molecule has 0 bridgehead atoms. The van der Waals surface area contributed by atoms with Gasteiger partial charge in [-0.05, 0) is 18.1 Å². The summed E-state index contributed by atoms with van der Waals surface area (Å²) in [6.45, 7) is 2.31. The molecular weight excluding hydrogens is 218 g/mol. The number of H-pyrrole nitrogens is 1. The molecule has 1 aliphatic heterocycles. The molecule has 1 fully saturated rings. The number of carbonyl (C=O) groups excluding carboxylic acids is 1. The Morgan fingerprint density at radius 2 is 2.53 bits per heavy atom. The molecule has 1 aromatic heterocycles. The minimum Gasteiger partial charge on any atom is -0.377 e. The second-order valence-corrected chi connectivity index (χ2v) is 4.27. The van der Waals surface area contributed by atoms with Crippen molar-refractivity contribution in [2.75, 3.05) is 26.3 Å². The zero-order valence-electron chi connectivity index (χ0n) is 9.89. The molecule has 1 atom stereocenters. The smallest absolute Gasteiger partial charge is 0.223 e. The van der Waals surface area contributed by atoms with Gasteiger partial charge in [-0.1, -0.05) is 0 Å². The molecule has 1 aliphatic rings. The third-order valence-electron chi connectivity index (χ3n) is 3.11. The van der Waals surface area contributed by atoms with E-state index in [0.29, 0.717) is 32.7 Å². The summed E-state index contributed by atoms with van der Waals surface area (Å²) >= 11 is 0. The summed E-state index contributed by atoms with van der Waals surface area (Å²) in [6.07, 6.45) is 5.11. The summed E-state index contributed by atoms with van der Waals surface area (Å²) in [4.78, 5) is 16.9. The molecule has 2 rings (SSSR count). The fraction of sp³-hybridized carbons (Fsp3) is 0.583. The Morgan fingerprint density at radius 1 is 1.65 bits per heavy atom. The van der Waals surface area contributed by atoms with Crippen molar-refractivity contribution < 1.29 is 9.53 Å². The summed E-state index contributed by atoms with van der Waals surface area (Å²) in [7, 11) is 0. The standard InChI is InChI=1S/C12H19N3O2/c13-7-11-9-17-6-5-15(11)12(16)2-1-10-3-4-14-8-10/h3-4,8,11,14H,1-2,5-7,9,13H2. The normalized spacial score (nSPS) is 20.5. The summed E-state index contributed by atoms with van der Waals surface area (Å²) in [5.74, 6) is 0.171. The van der Waals surface area contributed by atoms with Crippen molar-refractivity contribution >= 4 is 5.91 Å². The maximum Gasteiger partial charge on any atom is 0.223 e. The molecular formula is C12H19N3O2. The van der Waals surface area contributed by atoms with Crippen molar-refractivity contribution in [1.29, 1.82) is 0 Å². The average Bonchev–Trinajstić information content (AvgIpc) is 2.89. The number of amides is 1. The van der Waals surface area contributed by atoms with Crippen LogP contribution >= 0.6 is 0 Å². The largest absolute Gasteiger partial charge is 0.377 e. The van der Waals surface area contributed by atoms with E-state index >= 15 is 0 Å². The monoisotopic (exact) mass is 237 g/mol. The highest BCUT2D eigenvalue weighted by Gasteiger charge is 2.25. The highest BCUT2D eigenvalue weighted by Crippen LogP contribution is 2.10. The van der Waals surface area contributed by atoms with Gasteiger partial charge in [0.05, 0.1) is 19.3 Å². The first-order valence-corrected chi connectivity index (χ1v) is 6.00. The topological polar surface area (TPSA) is 71.3 Å². The third-order valence-corrected chi connectivity index (χ3v) is 3.11. The van der Waals surface area contributed by atoms with E-state index in [0.717, 1.165) is 12.0 Å². The number of nitrogens with two attached hydrogens (primary N) is 1. The van der Waals surface area contributed by atoms with Crippen LogP contribution in [-0.4, -0.2) is 48.1 Å². The van der Waals surface area contributed by atoms with Crippen LogP contribution in [0.2, 0.25) is 0 Å². The molecule has 1 saturated heterocycles. The van der Waals surface area contributed by atoms with E-state index in [1.807, 2.05) is 23.4 Å². The lowest BCUT2D eigenvalue weighted by molar-refractivity contribution is -0.139. The SMILES string of the molecule is NCC1COCCN1C(=O)CCc1cc[nH]c1. The van der Waals surface area contributed by atoms with E-state index in [-0.39, 0.29) is 11.9 Å². The van der Waals surface area contributed by atoms with Crippen molar-refractivity contribution in [2.24, 2.45) is 5.73 Å². The van der Waals surface area contributed by atoms with Crippen LogP contribution in [0.3, 0.4) is 0 Å². The van der Waals surface area contributed by atoms with Gasteiger partial charge in [-0.15, -0.1) is 0 Å². The second-order valence-electron chi connectivity index (χ2n) is 4.27. The maximum atomic E-state index is 12.1. The summed E-state index contributed by atoms with van der Waals surface area (Å²) in [5, 5.41) is 0.